The predicted molar refractivity (Wildman–Crippen MR) is 90.2 cm³/mol. The fourth-order valence-corrected chi connectivity index (χ4v) is 2.51. The van der Waals surface area contributed by atoms with Crippen LogP contribution in [0, 0.1) is 0 Å². The Morgan fingerprint density at radius 3 is 2.55 bits per heavy atom. The van der Waals surface area contributed by atoms with Crippen molar-refractivity contribution in [2.45, 2.75) is 11.3 Å². The van der Waals surface area contributed by atoms with Gasteiger partial charge >= 0.3 is 6.01 Å². The number of rotatable bonds is 6. The molecule has 0 amide bonds. The summed E-state index contributed by atoms with van der Waals surface area (Å²) in [6.45, 7) is 0.759. The Balaban J connectivity index is 1.54. The minimum absolute atomic E-state index is 0.458. The standard InChI is InChI=1S/C17H17N3OS/c1-22-15-9-7-13(8-10-15)11-12-18-17-19-16(20-21-17)14-5-3-2-4-6-14/h2-10H,11-12H2,1H3,(H,18,19,20). The largest absolute Gasteiger partial charge is 0.337 e. The van der Waals surface area contributed by atoms with Gasteiger partial charge in [-0.2, -0.15) is 4.98 Å². The molecule has 0 unspecified atom stereocenters. The summed E-state index contributed by atoms with van der Waals surface area (Å²) in [7, 11) is 0. The van der Waals surface area contributed by atoms with Crippen molar-refractivity contribution in [3.05, 3.63) is 60.2 Å². The highest BCUT2D eigenvalue weighted by Gasteiger charge is 2.07. The van der Waals surface area contributed by atoms with Gasteiger partial charge < -0.3 is 9.84 Å². The van der Waals surface area contributed by atoms with Crippen molar-refractivity contribution in [3.63, 3.8) is 0 Å². The van der Waals surface area contributed by atoms with Gasteiger partial charge in [0.2, 0.25) is 5.82 Å². The average Bonchev–Trinajstić information content (AvgIpc) is 3.05. The van der Waals surface area contributed by atoms with E-state index in [1.807, 2.05) is 30.3 Å². The topological polar surface area (TPSA) is 51.0 Å². The number of hydrogen-bond donors (Lipinski definition) is 1. The number of thioether (sulfide) groups is 1. The summed E-state index contributed by atoms with van der Waals surface area (Å²) in [5, 5.41) is 7.15. The highest BCUT2D eigenvalue weighted by atomic mass is 32.2. The Morgan fingerprint density at radius 2 is 1.82 bits per heavy atom. The summed E-state index contributed by atoms with van der Waals surface area (Å²) in [5.74, 6) is 0.604. The van der Waals surface area contributed by atoms with Gasteiger partial charge in [0, 0.05) is 17.0 Å². The number of anilines is 1. The molecule has 22 heavy (non-hydrogen) atoms. The maximum atomic E-state index is 5.22. The van der Waals surface area contributed by atoms with Gasteiger partial charge in [0.05, 0.1) is 0 Å². The summed E-state index contributed by atoms with van der Waals surface area (Å²) in [6.07, 6.45) is 2.99. The van der Waals surface area contributed by atoms with Gasteiger partial charge in [-0.15, -0.1) is 11.8 Å². The van der Waals surface area contributed by atoms with Gasteiger partial charge in [-0.3, -0.25) is 0 Å². The molecule has 3 aromatic rings. The maximum absolute atomic E-state index is 5.22. The second-order valence-corrected chi connectivity index (χ2v) is 5.69. The first-order chi connectivity index (χ1) is 10.8. The molecule has 0 atom stereocenters. The Bertz CT molecular complexity index is 710. The van der Waals surface area contributed by atoms with Crippen LogP contribution in [0.25, 0.3) is 11.4 Å². The monoisotopic (exact) mass is 311 g/mol. The zero-order valence-electron chi connectivity index (χ0n) is 12.3. The number of nitrogens with one attached hydrogen (secondary N) is 1. The van der Waals surface area contributed by atoms with Crippen molar-refractivity contribution >= 4 is 17.8 Å². The van der Waals surface area contributed by atoms with Crippen LogP contribution in [0.5, 0.6) is 0 Å². The fourth-order valence-electron chi connectivity index (χ4n) is 2.11. The van der Waals surface area contributed by atoms with Crippen molar-refractivity contribution in [3.8, 4) is 11.4 Å². The minimum atomic E-state index is 0.458. The van der Waals surface area contributed by atoms with Crippen LogP contribution in [0.2, 0.25) is 0 Å². The molecule has 0 saturated carbocycles. The molecule has 3 rings (SSSR count). The number of aromatic nitrogens is 2. The van der Waals surface area contributed by atoms with Crippen molar-refractivity contribution < 1.29 is 4.52 Å². The minimum Gasteiger partial charge on any atom is -0.337 e. The molecular formula is C17H17N3OS. The zero-order chi connectivity index (χ0) is 15.2. The molecule has 2 aromatic carbocycles. The molecule has 112 valence electrons. The molecule has 0 aliphatic carbocycles. The molecule has 0 saturated heterocycles. The smallest absolute Gasteiger partial charge is 0.321 e. The first kappa shape index (κ1) is 14.7. The van der Waals surface area contributed by atoms with E-state index in [0.29, 0.717) is 11.8 Å². The van der Waals surface area contributed by atoms with Crippen LogP contribution >= 0.6 is 11.8 Å². The lowest BCUT2D eigenvalue weighted by atomic mass is 10.1. The fraction of sp³-hybridized carbons (Fsp3) is 0.176. The summed E-state index contributed by atoms with van der Waals surface area (Å²) in [4.78, 5) is 5.63. The van der Waals surface area contributed by atoms with E-state index in [-0.39, 0.29) is 0 Å². The predicted octanol–water partition coefficient (Wildman–Crippen LogP) is 4.11. The summed E-state index contributed by atoms with van der Waals surface area (Å²) in [6, 6.07) is 18.8. The normalized spacial score (nSPS) is 10.6. The van der Waals surface area contributed by atoms with E-state index < -0.39 is 0 Å². The molecule has 0 spiro atoms. The van der Waals surface area contributed by atoms with Crippen LogP contribution in [-0.2, 0) is 6.42 Å². The molecule has 4 nitrogen and oxygen atoms in total. The highest BCUT2D eigenvalue weighted by Crippen LogP contribution is 2.17. The van der Waals surface area contributed by atoms with Gasteiger partial charge in [-0.05, 0) is 30.4 Å². The van der Waals surface area contributed by atoms with E-state index in [2.05, 4.69) is 46.0 Å². The lowest BCUT2D eigenvalue weighted by Gasteiger charge is -2.03. The molecule has 0 bridgehead atoms. The first-order valence-corrected chi connectivity index (χ1v) is 8.33. The molecule has 0 aliphatic heterocycles. The molecule has 0 aliphatic rings. The van der Waals surface area contributed by atoms with E-state index >= 15 is 0 Å². The van der Waals surface area contributed by atoms with Crippen molar-refractivity contribution in [1.82, 2.24) is 10.1 Å². The van der Waals surface area contributed by atoms with Crippen LogP contribution < -0.4 is 5.32 Å². The summed E-state index contributed by atoms with van der Waals surface area (Å²) in [5.41, 5.74) is 2.24. The van der Waals surface area contributed by atoms with Gasteiger partial charge in [0.15, 0.2) is 0 Å². The zero-order valence-corrected chi connectivity index (χ0v) is 13.1. The molecular weight excluding hydrogens is 294 g/mol. The molecule has 0 fully saturated rings. The highest BCUT2D eigenvalue weighted by molar-refractivity contribution is 7.98. The quantitative estimate of drug-likeness (QED) is 0.694. The summed E-state index contributed by atoms with van der Waals surface area (Å²) < 4.78 is 5.22. The van der Waals surface area contributed by atoms with Gasteiger partial charge in [0.1, 0.15) is 0 Å². The number of hydrogen-bond acceptors (Lipinski definition) is 5. The average molecular weight is 311 g/mol. The molecule has 5 heteroatoms. The lowest BCUT2D eigenvalue weighted by Crippen LogP contribution is -2.04. The van der Waals surface area contributed by atoms with Crippen molar-refractivity contribution in [2.75, 3.05) is 18.1 Å². The summed E-state index contributed by atoms with van der Waals surface area (Å²) >= 11 is 1.75. The van der Waals surface area contributed by atoms with E-state index in [1.165, 1.54) is 10.5 Å². The van der Waals surface area contributed by atoms with E-state index in [4.69, 9.17) is 4.52 Å². The maximum Gasteiger partial charge on any atom is 0.321 e. The Labute approximate surface area is 133 Å². The Morgan fingerprint density at radius 1 is 1.05 bits per heavy atom. The van der Waals surface area contributed by atoms with E-state index in [0.717, 1.165) is 18.5 Å². The number of nitrogens with zero attached hydrogens (tertiary/aromatic N) is 2. The lowest BCUT2D eigenvalue weighted by molar-refractivity contribution is 0.432. The SMILES string of the molecule is CSc1ccc(CCNc2nc(-c3ccccc3)no2)cc1. The van der Waals surface area contributed by atoms with Crippen LogP contribution in [0.15, 0.2) is 64.0 Å². The Hall–Kier alpha value is -2.27. The molecule has 1 N–H and O–H groups in total. The number of benzene rings is 2. The Kier molecular flexibility index (Phi) is 4.75. The van der Waals surface area contributed by atoms with Crippen LogP contribution in [0.4, 0.5) is 6.01 Å². The second-order valence-electron chi connectivity index (χ2n) is 4.81. The van der Waals surface area contributed by atoms with E-state index in [1.54, 1.807) is 11.8 Å². The third-order valence-corrected chi connectivity index (χ3v) is 4.05. The molecule has 1 aromatic heterocycles. The van der Waals surface area contributed by atoms with Crippen LogP contribution in [-0.4, -0.2) is 22.9 Å². The van der Waals surface area contributed by atoms with Crippen molar-refractivity contribution in [1.29, 1.82) is 0 Å². The second kappa shape index (κ2) is 7.13. The van der Waals surface area contributed by atoms with Crippen LogP contribution in [0.1, 0.15) is 5.56 Å². The van der Waals surface area contributed by atoms with Gasteiger partial charge in [-0.25, -0.2) is 0 Å². The van der Waals surface area contributed by atoms with Gasteiger partial charge in [-0.1, -0.05) is 47.6 Å². The van der Waals surface area contributed by atoms with Crippen LogP contribution in [0.3, 0.4) is 0 Å². The van der Waals surface area contributed by atoms with E-state index in [9.17, 15) is 0 Å². The third kappa shape index (κ3) is 3.68. The van der Waals surface area contributed by atoms with Gasteiger partial charge in [0.25, 0.3) is 0 Å². The third-order valence-electron chi connectivity index (χ3n) is 3.31. The molecule has 1 heterocycles. The van der Waals surface area contributed by atoms with Crippen molar-refractivity contribution in [2.24, 2.45) is 0 Å². The molecule has 0 radical (unpaired) electrons. The first-order valence-electron chi connectivity index (χ1n) is 7.11.